The third-order valence-electron chi connectivity index (χ3n) is 4.87. The number of hydrogen-bond donors (Lipinski definition) is 2. The summed E-state index contributed by atoms with van der Waals surface area (Å²) in [5.41, 5.74) is -1.82. The molecule has 0 unspecified atom stereocenters. The number of halogens is 7. The van der Waals surface area contributed by atoms with Crippen molar-refractivity contribution in [1.82, 2.24) is 20.5 Å². The van der Waals surface area contributed by atoms with Crippen molar-refractivity contribution in [3.8, 4) is 0 Å². The van der Waals surface area contributed by atoms with Crippen LogP contribution in [0.15, 0.2) is 24.4 Å². The van der Waals surface area contributed by atoms with Gasteiger partial charge in [-0.1, -0.05) is 29.3 Å². The van der Waals surface area contributed by atoms with Gasteiger partial charge in [0.1, 0.15) is 22.7 Å². The standard InChI is InChI=1S/C19H15Cl2F5N4O2/c1-8-17(31)27-4-5-30(8)18(32)29-15(10-2-3-12(22)13(21)14(10)23)9-6-11(20)16(28-7-9)19(24,25)26/h2-3,6-8,15H,4-5H2,1H3,(H,27,31)(H,29,32)/t8-,15+/m1/s1. The van der Waals surface area contributed by atoms with E-state index >= 15 is 0 Å². The average Bonchev–Trinajstić information content (AvgIpc) is 2.71. The highest BCUT2D eigenvalue weighted by Gasteiger charge is 2.37. The van der Waals surface area contributed by atoms with Gasteiger partial charge < -0.3 is 15.5 Å². The molecule has 1 aliphatic heterocycles. The minimum atomic E-state index is -4.84. The Morgan fingerprint density at radius 3 is 2.62 bits per heavy atom. The molecule has 0 spiro atoms. The van der Waals surface area contributed by atoms with Crippen LogP contribution in [0.2, 0.25) is 10.0 Å². The highest BCUT2D eigenvalue weighted by Crippen LogP contribution is 2.36. The first-order chi connectivity index (χ1) is 14.9. The second-order valence-corrected chi connectivity index (χ2v) is 7.69. The van der Waals surface area contributed by atoms with Crippen LogP contribution in [-0.2, 0) is 11.0 Å². The van der Waals surface area contributed by atoms with E-state index < -0.39 is 57.6 Å². The lowest BCUT2D eigenvalue weighted by Crippen LogP contribution is -2.58. The van der Waals surface area contributed by atoms with Gasteiger partial charge in [0.05, 0.1) is 11.1 Å². The Kier molecular flexibility index (Phi) is 6.80. The van der Waals surface area contributed by atoms with Crippen molar-refractivity contribution in [2.75, 3.05) is 13.1 Å². The SMILES string of the molecule is C[C@@H]1C(=O)NCCN1C(=O)N[C@@H](c1cnc(C(F)(F)F)c(Cl)c1)c1ccc(F)c(Cl)c1F. The normalized spacial score (nSPS) is 17.7. The van der Waals surface area contributed by atoms with Crippen molar-refractivity contribution in [3.05, 3.63) is 62.9 Å². The fraction of sp³-hybridized carbons (Fsp3) is 0.316. The van der Waals surface area contributed by atoms with Gasteiger partial charge in [0.2, 0.25) is 5.91 Å². The van der Waals surface area contributed by atoms with Crippen molar-refractivity contribution >= 4 is 35.1 Å². The van der Waals surface area contributed by atoms with Gasteiger partial charge in [0, 0.05) is 24.8 Å². The summed E-state index contributed by atoms with van der Waals surface area (Å²) in [6.45, 7) is 1.77. The van der Waals surface area contributed by atoms with Crippen LogP contribution in [0.3, 0.4) is 0 Å². The van der Waals surface area contributed by atoms with Gasteiger partial charge in [0.15, 0.2) is 5.69 Å². The molecule has 0 saturated carbocycles. The van der Waals surface area contributed by atoms with Crippen molar-refractivity contribution in [3.63, 3.8) is 0 Å². The lowest BCUT2D eigenvalue weighted by molar-refractivity contribution is -0.141. The van der Waals surface area contributed by atoms with Crippen LogP contribution >= 0.6 is 23.2 Å². The number of carbonyl (C=O) groups is 2. The summed E-state index contributed by atoms with van der Waals surface area (Å²) in [6.07, 6.45) is -4.07. The summed E-state index contributed by atoms with van der Waals surface area (Å²) in [7, 11) is 0. The predicted molar refractivity (Wildman–Crippen MR) is 105 cm³/mol. The van der Waals surface area contributed by atoms with Gasteiger partial charge in [-0.15, -0.1) is 0 Å². The third kappa shape index (κ3) is 4.73. The molecule has 1 aliphatic rings. The number of hydrogen-bond acceptors (Lipinski definition) is 3. The van der Waals surface area contributed by atoms with Crippen LogP contribution in [0.5, 0.6) is 0 Å². The van der Waals surface area contributed by atoms with E-state index in [-0.39, 0.29) is 24.2 Å². The molecular formula is C19H15Cl2F5N4O2. The molecule has 0 bridgehead atoms. The molecule has 0 aliphatic carbocycles. The maximum absolute atomic E-state index is 14.8. The Balaban J connectivity index is 2.05. The molecule has 3 rings (SSSR count). The number of amides is 3. The first-order valence-corrected chi connectivity index (χ1v) is 9.88. The van der Waals surface area contributed by atoms with E-state index in [1.165, 1.54) is 6.92 Å². The number of benzene rings is 1. The number of aromatic nitrogens is 1. The molecule has 2 N–H and O–H groups in total. The van der Waals surface area contributed by atoms with E-state index in [1.54, 1.807) is 0 Å². The molecule has 1 aromatic heterocycles. The van der Waals surface area contributed by atoms with Crippen LogP contribution in [0.25, 0.3) is 0 Å². The number of urea groups is 1. The molecule has 172 valence electrons. The zero-order valence-corrected chi connectivity index (χ0v) is 17.7. The number of alkyl halides is 3. The number of nitrogens with one attached hydrogen (secondary N) is 2. The van der Waals surface area contributed by atoms with Crippen LogP contribution < -0.4 is 10.6 Å². The molecule has 13 heteroatoms. The minimum Gasteiger partial charge on any atom is -0.353 e. The molecule has 2 heterocycles. The topological polar surface area (TPSA) is 74.3 Å². The molecule has 6 nitrogen and oxygen atoms in total. The highest BCUT2D eigenvalue weighted by atomic mass is 35.5. The number of piperazine rings is 1. The van der Waals surface area contributed by atoms with Gasteiger partial charge in [-0.3, -0.25) is 4.79 Å². The number of pyridine rings is 1. The third-order valence-corrected chi connectivity index (χ3v) is 5.50. The maximum Gasteiger partial charge on any atom is 0.434 e. The summed E-state index contributed by atoms with van der Waals surface area (Å²) in [6, 6.07) is -0.417. The van der Waals surface area contributed by atoms with Gasteiger partial charge in [-0.05, 0) is 24.6 Å². The quantitative estimate of drug-likeness (QED) is 0.491. The van der Waals surface area contributed by atoms with Crippen molar-refractivity contribution in [2.45, 2.75) is 25.2 Å². The molecule has 3 amide bonds. The van der Waals surface area contributed by atoms with E-state index in [0.717, 1.165) is 29.3 Å². The molecule has 2 atom stereocenters. The Morgan fingerprint density at radius 1 is 1.31 bits per heavy atom. The lowest BCUT2D eigenvalue weighted by Gasteiger charge is -2.34. The summed E-state index contributed by atoms with van der Waals surface area (Å²) < 4.78 is 67.5. The number of nitrogens with zero attached hydrogens (tertiary/aromatic N) is 2. The zero-order valence-electron chi connectivity index (χ0n) is 16.2. The Hall–Kier alpha value is -2.66. The fourth-order valence-corrected chi connectivity index (χ4v) is 3.64. The van der Waals surface area contributed by atoms with E-state index in [1.807, 2.05) is 0 Å². The predicted octanol–water partition coefficient (Wildman–Crippen LogP) is 4.30. The molecule has 1 saturated heterocycles. The van der Waals surface area contributed by atoms with Crippen LogP contribution in [-0.4, -0.2) is 41.0 Å². The highest BCUT2D eigenvalue weighted by molar-refractivity contribution is 6.31. The zero-order chi connectivity index (χ0) is 23.8. The number of rotatable bonds is 3. The molecule has 0 radical (unpaired) electrons. The van der Waals surface area contributed by atoms with Crippen molar-refractivity contribution in [2.24, 2.45) is 0 Å². The van der Waals surface area contributed by atoms with Gasteiger partial charge in [-0.25, -0.2) is 18.6 Å². The van der Waals surface area contributed by atoms with Gasteiger partial charge in [-0.2, -0.15) is 13.2 Å². The Bertz CT molecular complexity index is 1070. The van der Waals surface area contributed by atoms with Crippen LogP contribution in [0, 0.1) is 11.6 Å². The van der Waals surface area contributed by atoms with Crippen molar-refractivity contribution in [1.29, 1.82) is 0 Å². The van der Waals surface area contributed by atoms with Crippen LogP contribution in [0.1, 0.15) is 29.8 Å². The summed E-state index contributed by atoms with van der Waals surface area (Å²) in [4.78, 5) is 29.2. The second-order valence-electron chi connectivity index (χ2n) is 6.90. The van der Waals surface area contributed by atoms with E-state index in [4.69, 9.17) is 23.2 Å². The summed E-state index contributed by atoms with van der Waals surface area (Å²) >= 11 is 11.4. The van der Waals surface area contributed by atoms with E-state index in [2.05, 4.69) is 15.6 Å². The Morgan fingerprint density at radius 2 is 2.00 bits per heavy atom. The van der Waals surface area contributed by atoms with Gasteiger partial charge in [0.25, 0.3) is 0 Å². The molecule has 2 aromatic rings. The molecular weight excluding hydrogens is 482 g/mol. The lowest BCUT2D eigenvalue weighted by atomic mass is 9.99. The first kappa shape index (κ1) is 24.0. The monoisotopic (exact) mass is 496 g/mol. The smallest absolute Gasteiger partial charge is 0.353 e. The van der Waals surface area contributed by atoms with Crippen LogP contribution in [0.4, 0.5) is 26.7 Å². The maximum atomic E-state index is 14.8. The van der Waals surface area contributed by atoms with Crippen molar-refractivity contribution < 1.29 is 31.5 Å². The Labute approximate surface area is 188 Å². The van der Waals surface area contributed by atoms with E-state index in [0.29, 0.717) is 0 Å². The molecule has 1 aromatic carbocycles. The first-order valence-electron chi connectivity index (χ1n) is 9.12. The fourth-order valence-electron chi connectivity index (χ4n) is 3.19. The largest absolute Gasteiger partial charge is 0.434 e. The van der Waals surface area contributed by atoms with E-state index in [9.17, 15) is 31.5 Å². The minimum absolute atomic E-state index is 0.118. The average molecular weight is 497 g/mol. The van der Waals surface area contributed by atoms with Gasteiger partial charge >= 0.3 is 12.2 Å². The second kappa shape index (κ2) is 9.07. The number of carbonyl (C=O) groups excluding carboxylic acids is 2. The summed E-state index contributed by atoms with van der Waals surface area (Å²) in [5, 5.41) is 3.37. The molecule has 32 heavy (non-hydrogen) atoms. The summed E-state index contributed by atoms with van der Waals surface area (Å²) in [5.74, 6) is -2.71. The molecule has 1 fully saturated rings.